The molecule has 0 saturated carbocycles. The molecule has 0 radical (unpaired) electrons. The SMILES string of the molecule is CCCN1CCC(NC(=NC)NCC2(c3cccc(C(F)(F)F)c3)CCOCC2)CC1.I. The molecule has 0 aliphatic carbocycles. The first-order chi connectivity index (χ1) is 14.9. The average molecular weight is 568 g/mol. The van der Waals surface area contributed by atoms with Gasteiger partial charge < -0.3 is 20.3 Å². The zero-order valence-corrected chi connectivity index (χ0v) is 21.3. The van der Waals surface area contributed by atoms with Crippen molar-refractivity contribution in [2.45, 2.75) is 56.7 Å². The van der Waals surface area contributed by atoms with Crippen LogP contribution in [0.15, 0.2) is 29.3 Å². The maximum Gasteiger partial charge on any atom is 0.416 e. The van der Waals surface area contributed by atoms with Gasteiger partial charge in [-0.3, -0.25) is 4.99 Å². The third-order valence-corrected chi connectivity index (χ3v) is 6.54. The highest BCUT2D eigenvalue weighted by atomic mass is 127. The molecule has 0 atom stereocenters. The molecule has 32 heavy (non-hydrogen) atoms. The number of likely N-dealkylation sites (tertiary alicyclic amines) is 1. The van der Waals surface area contributed by atoms with Crippen molar-refractivity contribution in [3.05, 3.63) is 35.4 Å². The molecule has 5 nitrogen and oxygen atoms in total. The molecule has 0 bridgehead atoms. The first kappa shape index (κ1) is 27.2. The zero-order valence-electron chi connectivity index (χ0n) is 19.0. The zero-order chi connectivity index (χ0) is 22.3. The van der Waals surface area contributed by atoms with E-state index in [4.69, 9.17) is 4.74 Å². The molecular formula is C23H36F3IN4O. The number of aliphatic imine (C=N–C) groups is 1. The van der Waals surface area contributed by atoms with Gasteiger partial charge in [0.05, 0.1) is 5.56 Å². The predicted molar refractivity (Wildman–Crippen MR) is 133 cm³/mol. The van der Waals surface area contributed by atoms with Crippen LogP contribution in [0.3, 0.4) is 0 Å². The van der Waals surface area contributed by atoms with Crippen LogP contribution in [0.2, 0.25) is 0 Å². The minimum atomic E-state index is -4.35. The highest BCUT2D eigenvalue weighted by Crippen LogP contribution is 2.37. The molecule has 2 aliphatic rings. The van der Waals surface area contributed by atoms with Gasteiger partial charge in [-0.25, -0.2) is 0 Å². The van der Waals surface area contributed by atoms with E-state index in [1.807, 2.05) is 6.07 Å². The van der Waals surface area contributed by atoms with Crippen LogP contribution in [0.4, 0.5) is 13.2 Å². The van der Waals surface area contributed by atoms with E-state index in [-0.39, 0.29) is 24.0 Å². The maximum atomic E-state index is 13.3. The number of rotatable bonds is 6. The number of hydrogen-bond donors (Lipinski definition) is 2. The van der Waals surface area contributed by atoms with Gasteiger partial charge in [0.2, 0.25) is 0 Å². The molecule has 2 heterocycles. The Morgan fingerprint density at radius 1 is 1.22 bits per heavy atom. The van der Waals surface area contributed by atoms with Gasteiger partial charge in [-0.1, -0.05) is 25.1 Å². The van der Waals surface area contributed by atoms with Gasteiger partial charge in [0.25, 0.3) is 0 Å². The van der Waals surface area contributed by atoms with Gasteiger partial charge in [0.15, 0.2) is 5.96 Å². The molecule has 2 aliphatic heterocycles. The van der Waals surface area contributed by atoms with E-state index in [2.05, 4.69) is 27.4 Å². The van der Waals surface area contributed by atoms with Crippen LogP contribution in [-0.2, 0) is 16.3 Å². The quantitative estimate of drug-likeness (QED) is 0.304. The minimum absolute atomic E-state index is 0. The van der Waals surface area contributed by atoms with E-state index in [1.54, 1.807) is 7.05 Å². The second-order valence-corrected chi connectivity index (χ2v) is 8.66. The lowest BCUT2D eigenvalue weighted by molar-refractivity contribution is -0.137. The monoisotopic (exact) mass is 568 g/mol. The molecular weight excluding hydrogens is 532 g/mol. The predicted octanol–water partition coefficient (Wildman–Crippen LogP) is 4.41. The van der Waals surface area contributed by atoms with Crippen LogP contribution in [0.1, 0.15) is 50.2 Å². The summed E-state index contributed by atoms with van der Waals surface area (Å²) in [6, 6.07) is 6.11. The number of nitrogens with zero attached hydrogens (tertiary/aromatic N) is 2. The Morgan fingerprint density at radius 3 is 2.50 bits per heavy atom. The van der Waals surface area contributed by atoms with E-state index in [0.29, 0.717) is 50.2 Å². The minimum Gasteiger partial charge on any atom is -0.381 e. The Hall–Kier alpha value is -1.07. The van der Waals surface area contributed by atoms with Crippen molar-refractivity contribution in [1.29, 1.82) is 0 Å². The summed E-state index contributed by atoms with van der Waals surface area (Å²) in [6.07, 6.45) is 0.296. The Kier molecular flexibility index (Phi) is 10.5. The molecule has 2 saturated heterocycles. The Labute approximate surface area is 206 Å². The van der Waals surface area contributed by atoms with Crippen LogP contribution >= 0.6 is 24.0 Å². The summed E-state index contributed by atoms with van der Waals surface area (Å²) in [7, 11) is 1.74. The summed E-state index contributed by atoms with van der Waals surface area (Å²) in [5, 5.41) is 6.92. The van der Waals surface area contributed by atoms with E-state index in [1.165, 1.54) is 18.6 Å². The second-order valence-electron chi connectivity index (χ2n) is 8.66. The van der Waals surface area contributed by atoms with Gasteiger partial charge in [0, 0.05) is 51.4 Å². The largest absolute Gasteiger partial charge is 0.416 e. The van der Waals surface area contributed by atoms with E-state index in [0.717, 1.165) is 38.5 Å². The van der Waals surface area contributed by atoms with E-state index in [9.17, 15) is 13.2 Å². The highest BCUT2D eigenvalue weighted by Gasteiger charge is 2.37. The molecule has 2 fully saturated rings. The van der Waals surface area contributed by atoms with E-state index < -0.39 is 17.2 Å². The van der Waals surface area contributed by atoms with Gasteiger partial charge in [-0.15, -0.1) is 24.0 Å². The van der Waals surface area contributed by atoms with Crippen molar-refractivity contribution in [1.82, 2.24) is 15.5 Å². The number of nitrogens with one attached hydrogen (secondary N) is 2. The number of piperidine rings is 1. The van der Waals surface area contributed by atoms with Crippen molar-refractivity contribution in [3.63, 3.8) is 0 Å². The molecule has 9 heteroatoms. The van der Waals surface area contributed by atoms with Crippen LogP contribution < -0.4 is 10.6 Å². The Balaban J connectivity index is 0.00000363. The number of ether oxygens (including phenoxy) is 1. The second kappa shape index (κ2) is 12.4. The molecule has 0 spiro atoms. The topological polar surface area (TPSA) is 48.9 Å². The summed E-state index contributed by atoms with van der Waals surface area (Å²) in [5.74, 6) is 0.715. The van der Waals surface area contributed by atoms with Crippen LogP contribution in [0.25, 0.3) is 0 Å². The Morgan fingerprint density at radius 2 is 1.91 bits per heavy atom. The molecule has 0 amide bonds. The van der Waals surface area contributed by atoms with E-state index >= 15 is 0 Å². The summed E-state index contributed by atoms with van der Waals surface area (Å²) in [4.78, 5) is 6.86. The van der Waals surface area contributed by atoms with Gasteiger partial charge >= 0.3 is 6.18 Å². The van der Waals surface area contributed by atoms with Gasteiger partial charge in [-0.05, 0) is 50.3 Å². The van der Waals surface area contributed by atoms with Crippen molar-refractivity contribution in [3.8, 4) is 0 Å². The molecule has 0 aromatic heterocycles. The first-order valence-corrected chi connectivity index (χ1v) is 11.3. The molecule has 182 valence electrons. The lowest BCUT2D eigenvalue weighted by Gasteiger charge is -2.39. The van der Waals surface area contributed by atoms with Crippen LogP contribution in [0, 0.1) is 0 Å². The normalized spacial score (nSPS) is 20.5. The molecule has 1 aromatic carbocycles. The molecule has 0 unspecified atom stereocenters. The summed E-state index contributed by atoms with van der Waals surface area (Å²) in [6.45, 7) is 7.10. The standard InChI is InChI=1S/C23H35F3N4O.HI/c1-3-11-30-12-7-20(8-13-30)29-21(27-2)28-17-22(9-14-31-15-10-22)18-5-4-6-19(16-18)23(24,25)26;/h4-6,16,20H,3,7-15,17H2,1-2H3,(H2,27,28,29);1H. The number of halogens is 4. The lowest BCUT2D eigenvalue weighted by atomic mass is 9.73. The van der Waals surface area contributed by atoms with Crippen molar-refractivity contribution < 1.29 is 17.9 Å². The number of hydrogen-bond acceptors (Lipinski definition) is 3. The third kappa shape index (κ3) is 7.21. The third-order valence-electron chi connectivity index (χ3n) is 6.54. The summed E-state index contributed by atoms with van der Waals surface area (Å²) in [5.41, 5.74) is -0.305. The van der Waals surface area contributed by atoms with Crippen LogP contribution in [0.5, 0.6) is 0 Å². The van der Waals surface area contributed by atoms with Gasteiger partial charge in [-0.2, -0.15) is 13.2 Å². The van der Waals surface area contributed by atoms with Crippen molar-refractivity contribution in [2.75, 3.05) is 46.4 Å². The smallest absolute Gasteiger partial charge is 0.381 e. The maximum absolute atomic E-state index is 13.3. The number of guanidine groups is 1. The molecule has 2 N–H and O–H groups in total. The fraction of sp³-hybridized carbons (Fsp3) is 0.696. The molecule has 3 rings (SSSR count). The number of benzene rings is 1. The summed E-state index contributed by atoms with van der Waals surface area (Å²) < 4.78 is 45.4. The number of alkyl halides is 3. The first-order valence-electron chi connectivity index (χ1n) is 11.3. The fourth-order valence-electron chi connectivity index (χ4n) is 4.61. The van der Waals surface area contributed by atoms with Crippen molar-refractivity contribution in [2.24, 2.45) is 4.99 Å². The fourth-order valence-corrected chi connectivity index (χ4v) is 4.61. The highest BCUT2D eigenvalue weighted by molar-refractivity contribution is 14.0. The van der Waals surface area contributed by atoms with Gasteiger partial charge in [0.1, 0.15) is 0 Å². The average Bonchev–Trinajstić information content (AvgIpc) is 2.78. The Bertz CT molecular complexity index is 730. The summed E-state index contributed by atoms with van der Waals surface area (Å²) >= 11 is 0. The van der Waals surface area contributed by atoms with Crippen molar-refractivity contribution >= 4 is 29.9 Å². The van der Waals surface area contributed by atoms with Crippen LogP contribution in [-0.4, -0.2) is 63.3 Å². The molecule has 1 aromatic rings. The lowest BCUT2D eigenvalue weighted by Crippen LogP contribution is -2.52.